The molecule has 0 saturated heterocycles. The molecule has 0 saturated carbocycles. The van der Waals surface area contributed by atoms with Gasteiger partial charge < -0.3 is 38.1 Å². The number of unbranched alkanes of at least 4 members (excludes halogenated alkanes) is 13. The number of hydrogen-bond acceptors (Lipinski definition) is 15. The zero-order chi connectivity index (χ0) is 51.5. The van der Waals surface area contributed by atoms with Crippen LogP contribution in [0.4, 0.5) is 0 Å². The lowest BCUT2D eigenvalue weighted by Gasteiger charge is -2.31. The van der Waals surface area contributed by atoms with Crippen molar-refractivity contribution < 1.29 is 66.7 Å². The average molecular weight is 984 g/mol. The molecule has 0 aliphatic carbocycles. The number of hydrogen-bond donors (Lipinski definition) is 0. The second kappa shape index (κ2) is 43.1. The summed E-state index contributed by atoms with van der Waals surface area (Å²) in [6, 6.07) is 0. The van der Waals surface area contributed by atoms with Crippen molar-refractivity contribution in [1.29, 1.82) is 0 Å². The van der Waals surface area contributed by atoms with Gasteiger partial charge in [-0.3, -0.25) is 33.6 Å². The minimum absolute atomic E-state index is 0.0554. The zero-order valence-electron chi connectivity index (χ0n) is 44.6. The third-order valence-corrected chi connectivity index (χ3v) is 11.9. The van der Waals surface area contributed by atoms with Crippen LogP contribution in [0.15, 0.2) is 0 Å². The third-order valence-electron chi connectivity index (χ3n) is 11.9. The van der Waals surface area contributed by atoms with Gasteiger partial charge in [-0.1, -0.05) is 119 Å². The molecule has 0 aliphatic rings. The van der Waals surface area contributed by atoms with Crippen LogP contribution in [0.5, 0.6) is 0 Å². The van der Waals surface area contributed by atoms with Crippen molar-refractivity contribution in [2.24, 2.45) is 5.41 Å². The number of esters is 7. The molecular formula is C54H97NO14. The predicted octanol–water partition coefficient (Wildman–Crippen LogP) is 11.3. The Balaban J connectivity index is 6.50. The molecule has 0 atom stereocenters. The van der Waals surface area contributed by atoms with Crippen molar-refractivity contribution in [2.75, 3.05) is 47.1 Å². The van der Waals surface area contributed by atoms with Crippen molar-refractivity contribution in [3.63, 3.8) is 0 Å². The topological polar surface area (TPSA) is 187 Å². The van der Waals surface area contributed by atoms with Gasteiger partial charge in [0.25, 0.3) is 0 Å². The fourth-order valence-corrected chi connectivity index (χ4v) is 7.66. The molecule has 69 heavy (non-hydrogen) atoms. The standard InChI is InChI=1S/C54H97NO14/c1-9-15-21-29-44(30-22-16-10-2)67-51(60)37-48(57)64-41-54(40-63-47(56)35-27-28-36-55(7)8,42-65-49(58)38-52(61)68-45(31-23-17-11-3)32-24-18-12-4)43-66-50(59)39-53(62)69-46(33-25-19-13-5)34-26-20-14-6/h44-46H,9-43H2,1-8H3. The lowest BCUT2D eigenvalue weighted by atomic mass is 9.92. The lowest BCUT2D eigenvalue weighted by Crippen LogP contribution is -2.44. The molecule has 0 unspecified atom stereocenters. The van der Waals surface area contributed by atoms with Crippen molar-refractivity contribution >= 4 is 41.8 Å². The molecule has 0 radical (unpaired) electrons. The van der Waals surface area contributed by atoms with Crippen molar-refractivity contribution in [1.82, 2.24) is 4.90 Å². The molecule has 0 fully saturated rings. The maximum Gasteiger partial charge on any atom is 0.317 e. The molecule has 15 nitrogen and oxygen atoms in total. The third kappa shape index (κ3) is 37.7. The van der Waals surface area contributed by atoms with E-state index in [4.69, 9.17) is 33.2 Å². The summed E-state index contributed by atoms with van der Waals surface area (Å²) in [7, 11) is 3.85. The van der Waals surface area contributed by atoms with Crippen LogP contribution < -0.4 is 0 Å². The van der Waals surface area contributed by atoms with Crippen LogP contribution in [-0.4, -0.2) is 112 Å². The van der Waals surface area contributed by atoms with E-state index in [9.17, 15) is 33.6 Å². The normalized spacial score (nSPS) is 11.5. The quantitative estimate of drug-likeness (QED) is 0.0242. The highest BCUT2D eigenvalue weighted by molar-refractivity contribution is 5.92. The molecule has 0 bridgehead atoms. The molecule has 402 valence electrons. The fourth-order valence-electron chi connectivity index (χ4n) is 7.66. The Bertz CT molecular complexity index is 1220. The summed E-state index contributed by atoms with van der Waals surface area (Å²) in [5.41, 5.74) is -1.72. The maximum atomic E-state index is 13.3. The summed E-state index contributed by atoms with van der Waals surface area (Å²) in [4.78, 5) is 94.4. The average Bonchev–Trinajstić information content (AvgIpc) is 3.30. The minimum Gasteiger partial charge on any atom is -0.465 e. The Morgan fingerprint density at radius 3 is 0.855 bits per heavy atom. The van der Waals surface area contributed by atoms with Crippen LogP contribution in [0, 0.1) is 5.41 Å². The smallest absolute Gasteiger partial charge is 0.317 e. The van der Waals surface area contributed by atoms with E-state index in [1.807, 2.05) is 19.0 Å². The molecular weight excluding hydrogens is 887 g/mol. The van der Waals surface area contributed by atoms with E-state index in [0.29, 0.717) is 44.9 Å². The maximum absolute atomic E-state index is 13.3. The highest BCUT2D eigenvalue weighted by Gasteiger charge is 2.39. The van der Waals surface area contributed by atoms with Crippen molar-refractivity contribution in [2.45, 2.75) is 252 Å². The number of ether oxygens (including phenoxy) is 7. The number of nitrogens with zero attached hydrogens (tertiary/aromatic N) is 1. The first-order chi connectivity index (χ1) is 33.2. The number of carbonyl (C=O) groups is 7. The number of carbonyl (C=O) groups excluding carboxylic acids is 7. The second-order valence-electron chi connectivity index (χ2n) is 19.2. The Morgan fingerprint density at radius 1 is 0.348 bits per heavy atom. The molecule has 0 aromatic carbocycles. The minimum atomic E-state index is -1.72. The summed E-state index contributed by atoms with van der Waals surface area (Å²) >= 11 is 0. The largest absolute Gasteiger partial charge is 0.465 e. The van der Waals surface area contributed by atoms with E-state index in [0.717, 1.165) is 129 Å². The van der Waals surface area contributed by atoms with Gasteiger partial charge in [0.1, 0.15) is 69.4 Å². The van der Waals surface area contributed by atoms with Crippen LogP contribution in [0.2, 0.25) is 0 Å². The van der Waals surface area contributed by atoms with Gasteiger partial charge in [0.15, 0.2) is 0 Å². The van der Waals surface area contributed by atoms with Crippen LogP contribution in [0.3, 0.4) is 0 Å². The molecule has 0 spiro atoms. The van der Waals surface area contributed by atoms with Gasteiger partial charge in [0.05, 0.1) is 0 Å². The SMILES string of the molecule is CCCCCC(CCCCC)OC(=O)CC(=O)OCC(COC(=O)CCCCN(C)C)(COC(=O)CC(=O)OC(CCCCC)CCCCC)COC(=O)CC(=O)OC(CCCCC)CCCCC. The van der Waals surface area contributed by atoms with Gasteiger partial charge in [-0.2, -0.15) is 0 Å². The first-order valence-corrected chi connectivity index (χ1v) is 27.0. The van der Waals surface area contributed by atoms with E-state index in [1.54, 1.807) is 0 Å². The Morgan fingerprint density at radius 2 is 0.609 bits per heavy atom. The van der Waals surface area contributed by atoms with Gasteiger partial charge in [0, 0.05) is 6.42 Å². The van der Waals surface area contributed by atoms with Gasteiger partial charge >= 0.3 is 41.8 Å². The second-order valence-corrected chi connectivity index (χ2v) is 19.2. The summed E-state index contributed by atoms with van der Waals surface area (Å²) in [6.45, 7) is 10.9. The summed E-state index contributed by atoms with van der Waals surface area (Å²) in [5, 5.41) is 0. The van der Waals surface area contributed by atoms with Gasteiger partial charge in [0.2, 0.25) is 0 Å². The highest BCUT2D eigenvalue weighted by Crippen LogP contribution is 2.24. The lowest BCUT2D eigenvalue weighted by molar-refractivity contribution is -0.172. The van der Waals surface area contributed by atoms with Crippen molar-refractivity contribution in [3.8, 4) is 0 Å². The Labute approximate surface area is 417 Å². The molecule has 15 heteroatoms. The Kier molecular flexibility index (Phi) is 40.7. The van der Waals surface area contributed by atoms with Crippen molar-refractivity contribution in [3.05, 3.63) is 0 Å². The van der Waals surface area contributed by atoms with E-state index in [2.05, 4.69) is 41.5 Å². The molecule has 0 amide bonds. The molecule has 0 aliphatic heterocycles. The van der Waals surface area contributed by atoms with E-state index < -0.39 is 92.9 Å². The number of rotatable bonds is 46. The van der Waals surface area contributed by atoms with Crippen LogP contribution in [0.25, 0.3) is 0 Å². The van der Waals surface area contributed by atoms with Gasteiger partial charge in [-0.05, 0) is 111 Å². The van der Waals surface area contributed by atoms with E-state index in [1.165, 1.54) is 0 Å². The van der Waals surface area contributed by atoms with Crippen LogP contribution in [-0.2, 0) is 66.7 Å². The summed E-state index contributed by atoms with van der Waals surface area (Å²) in [6.07, 6.45) is 19.4. The molecule has 0 heterocycles. The molecule has 0 aromatic rings. The molecule has 0 N–H and O–H groups in total. The molecule has 0 rings (SSSR count). The van der Waals surface area contributed by atoms with Gasteiger partial charge in [-0.15, -0.1) is 0 Å². The van der Waals surface area contributed by atoms with Crippen LogP contribution in [0.1, 0.15) is 234 Å². The van der Waals surface area contributed by atoms with E-state index >= 15 is 0 Å². The molecule has 0 aromatic heterocycles. The summed E-state index contributed by atoms with van der Waals surface area (Å²) in [5.74, 6) is -5.74. The highest BCUT2D eigenvalue weighted by atomic mass is 16.6. The van der Waals surface area contributed by atoms with Crippen LogP contribution >= 0.6 is 0 Å². The Hall–Kier alpha value is -3.75. The zero-order valence-corrected chi connectivity index (χ0v) is 44.6. The monoisotopic (exact) mass is 984 g/mol. The first-order valence-electron chi connectivity index (χ1n) is 27.0. The predicted molar refractivity (Wildman–Crippen MR) is 267 cm³/mol. The fraction of sp³-hybridized carbons (Fsp3) is 0.870. The first kappa shape index (κ1) is 65.2. The van der Waals surface area contributed by atoms with Gasteiger partial charge in [-0.25, -0.2) is 0 Å². The van der Waals surface area contributed by atoms with E-state index in [-0.39, 0.29) is 24.7 Å². The summed E-state index contributed by atoms with van der Waals surface area (Å²) < 4.78 is 39.8.